The van der Waals surface area contributed by atoms with Crippen molar-refractivity contribution in [1.29, 1.82) is 0 Å². The van der Waals surface area contributed by atoms with E-state index in [2.05, 4.69) is 135 Å². The van der Waals surface area contributed by atoms with E-state index in [1.165, 1.54) is 39.0 Å². The Morgan fingerprint density at radius 3 is 2.33 bits per heavy atom. The molecule has 0 N–H and O–H groups in total. The zero-order valence-electron chi connectivity index (χ0n) is 24.8. The molecule has 6 rings (SSSR count). The quantitative estimate of drug-likeness (QED) is 0.184. The molecule has 0 atom stereocenters. The molecule has 0 fully saturated rings. The van der Waals surface area contributed by atoms with Crippen LogP contribution in [0.25, 0.3) is 16.7 Å². The number of allylic oxidation sites excluding steroid dienone is 4. The Morgan fingerprint density at radius 1 is 0.850 bits per heavy atom. The van der Waals surface area contributed by atoms with E-state index in [-0.39, 0.29) is 10.8 Å². The average molecular weight is 620 g/mol. The van der Waals surface area contributed by atoms with Gasteiger partial charge in [0, 0.05) is 0 Å². The molecule has 0 spiro atoms. The molecule has 40 heavy (non-hydrogen) atoms. The van der Waals surface area contributed by atoms with E-state index in [1.807, 2.05) is 11.3 Å². The second-order valence-electron chi connectivity index (χ2n) is 13.4. The van der Waals surface area contributed by atoms with Crippen LogP contribution >= 0.6 is 11.3 Å². The number of fused-ring (bicyclic) bond motifs is 3. The molecule has 4 aromatic rings. The van der Waals surface area contributed by atoms with Crippen molar-refractivity contribution in [3.63, 3.8) is 0 Å². The number of rotatable bonds is 5. The fourth-order valence-corrected chi connectivity index (χ4v) is 15.2. The molecule has 1 heterocycles. The Bertz CT molecular complexity index is 1650. The van der Waals surface area contributed by atoms with E-state index in [0.717, 1.165) is 19.3 Å². The zero-order chi connectivity index (χ0) is 28.1. The zero-order valence-corrected chi connectivity index (χ0v) is 28.0. The average Bonchev–Trinajstić information content (AvgIpc) is 3.67. The first kappa shape index (κ1) is 27.7. The van der Waals surface area contributed by atoms with E-state index < -0.39 is 21.3 Å². The molecule has 0 amide bonds. The summed E-state index contributed by atoms with van der Waals surface area (Å²) in [5.41, 5.74) is 13.7. The van der Waals surface area contributed by atoms with Crippen LogP contribution in [-0.4, -0.2) is 3.71 Å². The third-order valence-electron chi connectivity index (χ3n) is 8.49. The van der Waals surface area contributed by atoms with Crippen molar-refractivity contribution < 1.29 is 21.3 Å². The van der Waals surface area contributed by atoms with E-state index in [4.69, 9.17) is 0 Å². The summed E-state index contributed by atoms with van der Waals surface area (Å²) < 4.78 is 6.28. The molecule has 2 aliphatic rings. The van der Waals surface area contributed by atoms with E-state index in [9.17, 15) is 0 Å². The van der Waals surface area contributed by atoms with Crippen LogP contribution in [0, 0.1) is 0 Å². The molecular formula is C38H40SZr. The summed E-state index contributed by atoms with van der Waals surface area (Å²) in [6.45, 7) is 14.2. The molecule has 202 valence electrons. The molecule has 0 nitrogen and oxygen atoms in total. The number of thiophene rings is 1. The Morgan fingerprint density at radius 2 is 1.62 bits per heavy atom. The summed E-state index contributed by atoms with van der Waals surface area (Å²) in [5.74, 6) is 0. The van der Waals surface area contributed by atoms with E-state index in [0.29, 0.717) is 0 Å². The maximum absolute atomic E-state index is 2.81. The Kier molecular flexibility index (Phi) is 7.47. The van der Waals surface area contributed by atoms with E-state index in [1.54, 1.807) is 17.7 Å². The van der Waals surface area contributed by atoms with E-state index >= 15 is 0 Å². The van der Waals surface area contributed by atoms with Gasteiger partial charge in [0.05, 0.1) is 0 Å². The second kappa shape index (κ2) is 10.8. The van der Waals surface area contributed by atoms with Gasteiger partial charge < -0.3 is 0 Å². The first-order valence-corrected chi connectivity index (χ1v) is 19.4. The Balaban J connectivity index is 1.59. The molecule has 1 aromatic heterocycles. The van der Waals surface area contributed by atoms with Crippen LogP contribution in [0.5, 0.6) is 0 Å². The van der Waals surface area contributed by atoms with Crippen molar-refractivity contribution in [3.05, 3.63) is 126 Å². The summed E-state index contributed by atoms with van der Waals surface area (Å²) in [7, 11) is 0. The van der Waals surface area contributed by atoms with Crippen molar-refractivity contribution in [3.8, 4) is 11.1 Å². The fourth-order valence-electron chi connectivity index (χ4n) is 6.33. The number of benzene rings is 3. The van der Waals surface area contributed by atoms with Gasteiger partial charge in [0.25, 0.3) is 0 Å². The third-order valence-corrected chi connectivity index (χ3v) is 16.2. The minimum atomic E-state index is -2.49. The summed E-state index contributed by atoms with van der Waals surface area (Å²) >= 11 is -0.675. The monoisotopic (exact) mass is 618 g/mol. The third kappa shape index (κ3) is 5.31. The van der Waals surface area contributed by atoms with Gasteiger partial charge in [-0.15, -0.1) is 0 Å². The van der Waals surface area contributed by atoms with Gasteiger partial charge in [-0.2, -0.15) is 0 Å². The van der Waals surface area contributed by atoms with Gasteiger partial charge in [-0.25, -0.2) is 0 Å². The topological polar surface area (TPSA) is 0 Å². The molecule has 3 aromatic carbocycles. The molecule has 2 aliphatic carbocycles. The van der Waals surface area contributed by atoms with Crippen molar-refractivity contribution in [2.45, 2.75) is 71.6 Å². The van der Waals surface area contributed by atoms with Crippen molar-refractivity contribution in [2.75, 3.05) is 0 Å². The van der Waals surface area contributed by atoms with Crippen molar-refractivity contribution in [1.82, 2.24) is 0 Å². The summed E-state index contributed by atoms with van der Waals surface area (Å²) in [6, 6.07) is 25.6. The Labute approximate surface area is 252 Å². The van der Waals surface area contributed by atoms with Gasteiger partial charge in [-0.1, -0.05) is 0 Å². The second-order valence-corrected chi connectivity index (χ2v) is 19.9. The fraction of sp³-hybridized carbons (Fsp3) is 0.289. The maximum atomic E-state index is 2.81. The molecule has 0 aliphatic heterocycles. The van der Waals surface area contributed by atoms with Crippen molar-refractivity contribution in [2.24, 2.45) is 0 Å². The molecule has 0 saturated heterocycles. The summed E-state index contributed by atoms with van der Waals surface area (Å²) in [5, 5.41) is 4.57. The number of hydrogen-bond acceptors (Lipinski definition) is 1. The van der Waals surface area contributed by atoms with Crippen LogP contribution in [0.4, 0.5) is 0 Å². The van der Waals surface area contributed by atoms with Crippen LogP contribution in [0.1, 0.15) is 81.3 Å². The van der Waals surface area contributed by atoms with Gasteiger partial charge >= 0.3 is 254 Å². The molecule has 0 saturated carbocycles. The minimum absolute atomic E-state index is 0.0945. The van der Waals surface area contributed by atoms with Crippen LogP contribution in [0.2, 0.25) is 0 Å². The normalized spacial score (nSPS) is 15.1. The first-order chi connectivity index (χ1) is 19.1. The van der Waals surface area contributed by atoms with Gasteiger partial charge in [0.15, 0.2) is 0 Å². The van der Waals surface area contributed by atoms with Crippen LogP contribution in [-0.2, 0) is 44.9 Å². The van der Waals surface area contributed by atoms with Gasteiger partial charge in [0.1, 0.15) is 0 Å². The standard InChI is InChI=1S/C21H25.C9H7S.C8H8.Zr/c1-20(2,3)16-7-9-18-14(12-16)11-15-13-17(21(4,5)6)8-10-19(15)18;1-2-4-8(3-1)9-5-6-10-7-9;1-2-8-6-4-3-5-7-8;/h7-10,12H,11H2,1-6H3;1,3,5-7H,2H2;1,3-7H,2H2;. The van der Waals surface area contributed by atoms with Gasteiger partial charge in [-0.05, 0) is 0 Å². The van der Waals surface area contributed by atoms with Crippen LogP contribution < -0.4 is 3.27 Å². The predicted molar refractivity (Wildman–Crippen MR) is 173 cm³/mol. The summed E-state index contributed by atoms with van der Waals surface area (Å²) in [4.78, 5) is 0. The Hall–Kier alpha value is -2.41. The van der Waals surface area contributed by atoms with Crippen LogP contribution in [0.15, 0.2) is 92.9 Å². The summed E-state index contributed by atoms with van der Waals surface area (Å²) in [6.07, 6.45) is 8.04. The van der Waals surface area contributed by atoms with Gasteiger partial charge in [-0.3, -0.25) is 0 Å². The number of hydrogen-bond donors (Lipinski definition) is 0. The first-order valence-electron chi connectivity index (χ1n) is 14.6. The van der Waals surface area contributed by atoms with Crippen LogP contribution in [0.3, 0.4) is 0 Å². The molecule has 0 radical (unpaired) electrons. The molecule has 0 bridgehead atoms. The van der Waals surface area contributed by atoms with Gasteiger partial charge in [0.2, 0.25) is 0 Å². The molecule has 2 heteroatoms. The molecular weight excluding hydrogens is 580 g/mol. The SMILES string of the molecule is CC(C)(C)c1ccc2c(c1)Cc1c-2ccc(C(C)(C)C)[c]1[Zr](=[CH]Cc1ccccc1)[C]1=C(c2ccsc2)C=CC1. The predicted octanol–water partition coefficient (Wildman–Crippen LogP) is 9.57. The van der Waals surface area contributed by atoms with Crippen molar-refractivity contribution >= 4 is 23.9 Å². The molecule has 0 unspecified atom stereocenters.